The third-order valence-corrected chi connectivity index (χ3v) is 5.29. The third-order valence-electron chi connectivity index (χ3n) is 5.29. The Bertz CT molecular complexity index is 651. The summed E-state index contributed by atoms with van der Waals surface area (Å²) in [6.07, 6.45) is 3.00. The average Bonchev–Trinajstić information content (AvgIpc) is 3.02. The molecular formula is C20H26O3. The van der Waals surface area contributed by atoms with Crippen LogP contribution in [-0.4, -0.2) is 24.1 Å². The molecule has 3 rings (SSSR count). The van der Waals surface area contributed by atoms with Crippen LogP contribution < -0.4 is 0 Å². The molecule has 23 heavy (non-hydrogen) atoms. The van der Waals surface area contributed by atoms with E-state index in [1.54, 1.807) is 0 Å². The van der Waals surface area contributed by atoms with Crippen LogP contribution in [0, 0.1) is 25.7 Å². The fraction of sp³-hybridized carbons (Fsp3) is 0.550. The highest BCUT2D eigenvalue weighted by molar-refractivity contribution is 6.22. The quantitative estimate of drug-likeness (QED) is 0.911. The number of carbonyl (C=O) groups excluding carboxylic acids is 1. The van der Waals surface area contributed by atoms with Crippen molar-refractivity contribution < 1.29 is 14.6 Å². The van der Waals surface area contributed by atoms with Crippen LogP contribution in [0.2, 0.25) is 0 Å². The molecule has 0 bridgehead atoms. The summed E-state index contributed by atoms with van der Waals surface area (Å²) in [5.41, 5.74) is 4.96. The molecule has 3 nitrogen and oxygen atoms in total. The number of aliphatic hydroxyl groups is 1. The molecule has 0 aromatic heterocycles. The van der Waals surface area contributed by atoms with Crippen LogP contribution in [-0.2, 0) is 16.0 Å². The van der Waals surface area contributed by atoms with Crippen LogP contribution in [0.5, 0.6) is 0 Å². The number of allylic oxidation sites excluding steroid dienone is 2. The first-order valence-corrected chi connectivity index (χ1v) is 8.64. The number of aliphatic hydroxyl groups excluding tert-OH is 1. The third kappa shape index (κ3) is 3.07. The largest absolute Gasteiger partial charge is 0.512 e. The van der Waals surface area contributed by atoms with E-state index in [9.17, 15) is 9.90 Å². The number of rotatable bonds is 3. The first kappa shape index (κ1) is 16.3. The first-order valence-electron chi connectivity index (χ1n) is 8.64. The van der Waals surface area contributed by atoms with Crippen molar-refractivity contribution in [1.82, 2.24) is 0 Å². The normalized spacial score (nSPS) is 25.3. The van der Waals surface area contributed by atoms with Gasteiger partial charge in [0.05, 0.1) is 5.57 Å². The van der Waals surface area contributed by atoms with Gasteiger partial charge >= 0.3 is 0 Å². The number of ether oxygens (including phenoxy) is 1. The number of benzene rings is 1. The second-order valence-electron chi connectivity index (χ2n) is 7.01. The maximum Gasteiger partial charge on any atom is 0.167 e. The van der Waals surface area contributed by atoms with E-state index in [4.69, 9.17) is 4.74 Å². The standard InChI is InChI=1S/C20H26O3/c1-4-14-8-12(2)7-13(3)19(14)20-17(21)9-16(10-18(20)22)15-5-6-23-11-15/h7-8,15-16,21H,4-6,9-11H2,1-3H3. The lowest BCUT2D eigenvalue weighted by Crippen LogP contribution is -2.26. The molecule has 0 spiro atoms. The van der Waals surface area contributed by atoms with Gasteiger partial charge in [0.25, 0.3) is 0 Å². The van der Waals surface area contributed by atoms with Crippen LogP contribution >= 0.6 is 0 Å². The summed E-state index contributed by atoms with van der Waals surface area (Å²) in [4.78, 5) is 12.8. The molecule has 2 unspecified atom stereocenters. The molecule has 0 saturated carbocycles. The summed E-state index contributed by atoms with van der Waals surface area (Å²) < 4.78 is 5.45. The molecule has 0 amide bonds. The highest BCUT2D eigenvalue weighted by Crippen LogP contribution is 2.40. The predicted molar refractivity (Wildman–Crippen MR) is 91.5 cm³/mol. The van der Waals surface area contributed by atoms with Gasteiger partial charge in [-0.05, 0) is 55.2 Å². The van der Waals surface area contributed by atoms with Crippen molar-refractivity contribution in [3.8, 4) is 0 Å². The van der Waals surface area contributed by atoms with Crippen LogP contribution in [0.1, 0.15) is 48.4 Å². The number of carbonyl (C=O) groups is 1. The van der Waals surface area contributed by atoms with Crippen molar-refractivity contribution in [2.24, 2.45) is 11.8 Å². The SMILES string of the molecule is CCc1cc(C)cc(C)c1C1=C(O)CC(C2CCOC2)CC1=O. The minimum absolute atomic E-state index is 0.0901. The van der Waals surface area contributed by atoms with Gasteiger partial charge in [-0.2, -0.15) is 0 Å². The molecule has 124 valence electrons. The number of aryl methyl sites for hydroxylation is 3. The van der Waals surface area contributed by atoms with E-state index >= 15 is 0 Å². The maximum atomic E-state index is 12.8. The predicted octanol–water partition coefficient (Wildman–Crippen LogP) is 4.15. The Morgan fingerprint density at radius 3 is 2.61 bits per heavy atom. The summed E-state index contributed by atoms with van der Waals surface area (Å²) >= 11 is 0. The van der Waals surface area contributed by atoms with E-state index in [2.05, 4.69) is 26.0 Å². The van der Waals surface area contributed by atoms with E-state index in [0.717, 1.165) is 42.7 Å². The van der Waals surface area contributed by atoms with Gasteiger partial charge in [-0.15, -0.1) is 0 Å². The molecule has 1 aliphatic heterocycles. The number of hydrogen-bond donors (Lipinski definition) is 1. The van der Waals surface area contributed by atoms with Crippen LogP contribution in [0.15, 0.2) is 17.9 Å². The molecule has 1 heterocycles. The monoisotopic (exact) mass is 314 g/mol. The van der Waals surface area contributed by atoms with Crippen molar-refractivity contribution in [3.05, 3.63) is 40.1 Å². The Morgan fingerprint density at radius 1 is 1.22 bits per heavy atom. The van der Waals surface area contributed by atoms with Gasteiger partial charge < -0.3 is 9.84 Å². The van der Waals surface area contributed by atoms with Crippen LogP contribution in [0.4, 0.5) is 0 Å². The summed E-state index contributed by atoms with van der Waals surface area (Å²) in [6.45, 7) is 7.71. The first-order chi connectivity index (χ1) is 11.0. The molecule has 1 aromatic carbocycles. The smallest absolute Gasteiger partial charge is 0.167 e. The van der Waals surface area contributed by atoms with Crippen molar-refractivity contribution >= 4 is 11.4 Å². The van der Waals surface area contributed by atoms with E-state index < -0.39 is 0 Å². The Hall–Kier alpha value is -1.61. The molecule has 1 aliphatic carbocycles. The van der Waals surface area contributed by atoms with Crippen molar-refractivity contribution in [2.45, 2.75) is 46.5 Å². The molecule has 0 radical (unpaired) electrons. The topological polar surface area (TPSA) is 46.5 Å². The molecule has 1 aromatic rings. The lowest BCUT2D eigenvalue weighted by atomic mass is 9.76. The van der Waals surface area contributed by atoms with Gasteiger partial charge in [0.1, 0.15) is 5.76 Å². The van der Waals surface area contributed by atoms with Gasteiger partial charge in [-0.25, -0.2) is 0 Å². The lowest BCUT2D eigenvalue weighted by molar-refractivity contribution is -0.115. The molecule has 2 aliphatic rings. The molecular weight excluding hydrogens is 288 g/mol. The van der Waals surface area contributed by atoms with Crippen molar-refractivity contribution in [3.63, 3.8) is 0 Å². The average molecular weight is 314 g/mol. The Labute approximate surface area is 138 Å². The molecule has 3 heteroatoms. The highest BCUT2D eigenvalue weighted by atomic mass is 16.5. The summed E-state index contributed by atoms with van der Waals surface area (Å²) in [7, 11) is 0. The second kappa shape index (κ2) is 6.48. The molecule has 1 saturated heterocycles. The lowest BCUT2D eigenvalue weighted by Gasteiger charge is -2.28. The Morgan fingerprint density at radius 2 is 2.00 bits per heavy atom. The second-order valence-corrected chi connectivity index (χ2v) is 7.01. The van der Waals surface area contributed by atoms with Gasteiger partial charge in [0.2, 0.25) is 0 Å². The van der Waals surface area contributed by atoms with E-state index in [0.29, 0.717) is 24.3 Å². The highest BCUT2D eigenvalue weighted by Gasteiger charge is 2.35. The Balaban J connectivity index is 1.99. The van der Waals surface area contributed by atoms with Gasteiger partial charge in [-0.1, -0.05) is 24.6 Å². The zero-order chi connectivity index (χ0) is 16.6. The minimum atomic E-state index is 0.0901. The Kier molecular flexibility index (Phi) is 4.58. The van der Waals surface area contributed by atoms with Crippen molar-refractivity contribution in [2.75, 3.05) is 13.2 Å². The summed E-state index contributed by atoms with van der Waals surface area (Å²) in [5.74, 6) is 1.00. The molecule has 2 atom stereocenters. The summed E-state index contributed by atoms with van der Waals surface area (Å²) in [6, 6.07) is 4.23. The maximum absolute atomic E-state index is 12.8. The number of Topliss-reactive ketones (excluding diaryl/α,β-unsaturated/α-hetero) is 1. The van der Waals surface area contributed by atoms with E-state index in [1.165, 1.54) is 5.56 Å². The van der Waals surface area contributed by atoms with Gasteiger partial charge in [-0.3, -0.25) is 4.79 Å². The van der Waals surface area contributed by atoms with E-state index in [-0.39, 0.29) is 17.5 Å². The van der Waals surface area contributed by atoms with Gasteiger partial charge in [0.15, 0.2) is 5.78 Å². The number of hydrogen-bond acceptors (Lipinski definition) is 3. The zero-order valence-electron chi connectivity index (χ0n) is 14.3. The van der Waals surface area contributed by atoms with E-state index in [1.807, 2.05) is 6.92 Å². The van der Waals surface area contributed by atoms with Crippen LogP contribution in [0.3, 0.4) is 0 Å². The minimum Gasteiger partial charge on any atom is -0.512 e. The fourth-order valence-corrected chi connectivity index (χ4v) is 4.16. The summed E-state index contributed by atoms with van der Waals surface area (Å²) in [5, 5.41) is 10.7. The molecule has 1 fully saturated rings. The zero-order valence-corrected chi connectivity index (χ0v) is 14.3. The molecule has 1 N–H and O–H groups in total. The van der Waals surface area contributed by atoms with Crippen molar-refractivity contribution in [1.29, 1.82) is 0 Å². The van der Waals surface area contributed by atoms with Gasteiger partial charge in [0, 0.05) is 26.1 Å². The number of ketones is 1. The fourth-order valence-electron chi connectivity index (χ4n) is 4.16. The van der Waals surface area contributed by atoms with Crippen LogP contribution in [0.25, 0.3) is 5.57 Å².